The first-order chi connectivity index (χ1) is 17.0. The minimum absolute atomic E-state index is 0.0297. The first-order valence-corrected chi connectivity index (χ1v) is 11.7. The fraction of sp³-hybridized carbons (Fsp3) is 0.321. The Morgan fingerprint density at radius 1 is 1.06 bits per heavy atom. The van der Waals surface area contributed by atoms with Gasteiger partial charge in [0, 0.05) is 22.6 Å². The van der Waals surface area contributed by atoms with Crippen LogP contribution in [0.2, 0.25) is 0 Å². The summed E-state index contributed by atoms with van der Waals surface area (Å²) in [4.78, 5) is 38.3. The summed E-state index contributed by atoms with van der Waals surface area (Å²) in [7, 11) is 0. The second kappa shape index (κ2) is 8.33. The third-order valence-electron chi connectivity index (χ3n) is 7.66. The number of rotatable bonds is 1. The number of carbonyl (C=O) groups is 3. The van der Waals surface area contributed by atoms with Crippen molar-refractivity contribution in [2.45, 2.75) is 37.9 Å². The lowest BCUT2D eigenvalue weighted by atomic mass is 9.56. The minimum Gasteiger partial charge on any atom is -0.507 e. The molecule has 2 unspecified atom stereocenters. The van der Waals surface area contributed by atoms with Crippen molar-refractivity contribution in [3.8, 4) is 17.6 Å². The smallest absolute Gasteiger partial charge is 0.230 e. The topological polar surface area (TPSA) is 158 Å². The lowest BCUT2D eigenvalue weighted by Gasteiger charge is -2.48. The number of aliphatic hydroxyl groups excluding tert-OH is 2. The predicted molar refractivity (Wildman–Crippen MR) is 128 cm³/mol. The van der Waals surface area contributed by atoms with Crippen LogP contribution in [0.15, 0.2) is 42.0 Å². The van der Waals surface area contributed by atoms with Crippen LogP contribution in [0.3, 0.4) is 0 Å². The molecular formula is C28H25NO7. The summed E-state index contributed by atoms with van der Waals surface area (Å²) < 4.78 is 0. The van der Waals surface area contributed by atoms with E-state index in [4.69, 9.17) is 5.73 Å². The van der Waals surface area contributed by atoms with E-state index in [1.807, 2.05) is 31.2 Å². The summed E-state index contributed by atoms with van der Waals surface area (Å²) in [5.41, 5.74) is 5.53. The van der Waals surface area contributed by atoms with Crippen LogP contribution < -0.4 is 5.73 Å². The van der Waals surface area contributed by atoms with Crippen molar-refractivity contribution in [3.63, 3.8) is 0 Å². The molecular weight excluding hydrogens is 462 g/mol. The Hall–Kier alpha value is -3.93. The van der Waals surface area contributed by atoms with Crippen molar-refractivity contribution < 1.29 is 34.8 Å². The Bertz CT molecular complexity index is 1410. The van der Waals surface area contributed by atoms with Crippen molar-refractivity contribution in [3.05, 3.63) is 69.8 Å². The van der Waals surface area contributed by atoms with Crippen LogP contribution in [-0.2, 0) is 20.8 Å². The largest absolute Gasteiger partial charge is 0.507 e. The molecule has 3 aliphatic carbocycles. The van der Waals surface area contributed by atoms with E-state index in [9.17, 15) is 34.8 Å². The fourth-order valence-electron chi connectivity index (χ4n) is 5.82. The van der Waals surface area contributed by atoms with Gasteiger partial charge in [-0.2, -0.15) is 0 Å². The van der Waals surface area contributed by atoms with Crippen LogP contribution in [0.1, 0.15) is 40.7 Å². The van der Waals surface area contributed by atoms with Crippen LogP contribution in [0.5, 0.6) is 5.75 Å². The maximum absolute atomic E-state index is 13.5. The number of aromatic hydroxyl groups is 1. The number of hydrogen-bond acceptors (Lipinski definition) is 7. The van der Waals surface area contributed by atoms with Crippen molar-refractivity contribution >= 4 is 23.2 Å². The zero-order valence-electron chi connectivity index (χ0n) is 19.5. The molecule has 0 aromatic heterocycles. The molecule has 5 atom stereocenters. The van der Waals surface area contributed by atoms with Gasteiger partial charge in [0.15, 0.2) is 11.4 Å². The SMILES string of the molecule is Cc1ccc(C#Cc2ccc(O)c3c2C[C@H]2C[C@H]4CC(O)C(C(N)=O)C(=O)[C@@]4(O)C(=O)C2=C3O)cc1. The van der Waals surface area contributed by atoms with Crippen LogP contribution in [0, 0.1) is 36.5 Å². The number of aryl methyl sites for hydroxylation is 1. The molecule has 184 valence electrons. The maximum atomic E-state index is 13.5. The number of benzene rings is 2. The Kier molecular flexibility index (Phi) is 5.51. The minimum atomic E-state index is -2.59. The second-order valence-electron chi connectivity index (χ2n) is 9.84. The highest BCUT2D eigenvalue weighted by Crippen LogP contribution is 2.51. The molecule has 2 fully saturated rings. The first-order valence-electron chi connectivity index (χ1n) is 11.7. The Morgan fingerprint density at radius 3 is 2.42 bits per heavy atom. The molecule has 0 saturated heterocycles. The monoisotopic (exact) mass is 487 g/mol. The number of aliphatic hydroxyl groups is 3. The average Bonchev–Trinajstić information content (AvgIpc) is 2.81. The molecule has 0 spiro atoms. The van der Waals surface area contributed by atoms with Crippen LogP contribution in [0.4, 0.5) is 0 Å². The number of nitrogens with two attached hydrogens (primary N) is 1. The molecule has 1 amide bonds. The summed E-state index contributed by atoms with van der Waals surface area (Å²) in [6.45, 7) is 1.97. The van der Waals surface area contributed by atoms with Gasteiger partial charge in [-0.15, -0.1) is 0 Å². The molecule has 0 aliphatic heterocycles. The van der Waals surface area contributed by atoms with E-state index in [2.05, 4.69) is 11.8 Å². The number of phenols is 1. The number of ketones is 2. The summed E-state index contributed by atoms with van der Waals surface area (Å²) in [6.07, 6.45) is -1.25. The van der Waals surface area contributed by atoms with Crippen molar-refractivity contribution in [1.29, 1.82) is 0 Å². The van der Waals surface area contributed by atoms with E-state index in [0.29, 0.717) is 11.1 Å². The number of primary amides is 1. The lowest BCUT2D eigenvalue weighted by Crippen LogP contribution is -2.66. The zero-order chi connectivity index (χ0) is 25.9. The molecule has 36 heavy (non-hydrogen) atoms. The summed E-state index contributed by atoms with van der Waals surface area (Å²) >= 11 is 0. The molecule has 0 bridgehead atoms. The average molecular weight is 488 g/mol. The van der Waals surface area contributed by atoms with Crippen LogP contribution >= 0.6 is 0 Å². The van der Waals surface area contributed by atoms with Gasteiger partial charge in [-0.3, -0.25) is 14.4 Å². The number of carbonyl (C=O) groups excluding carboxylic acids is 3. The quantitative estimate of drug-likeness (QED) is 0.300. The molecule has 2 saturated carbocycles. The second-order valence-corrected chi connectivity index (χ2v) is 9.84. The normalized spacial score (nSPS) is 29.0. The number of amides is 1. The standard InChI is InChI=1S/C28H25NO7/c1-13-2-4-14(5-3-13)6-7-15-8-9-19(30)22-18(15)11-16-10-17-12-20(31)23(27(29)35)26(34)28(17,36)25(33)21(16)24(22)32/h2-5,8-9,16-17,20,23,30-32,36H,10-12H2,1H3,(H2,29,35)/t16-,17+,20?,23?,28+/m1/s1. The predicted octanol–water partition coefficient (Wildman–Crippen LogP) is 1.30. The number of phenolic OH excluding ortho intramolecular Hbond substituents is 1. The molecule has 8 heteroatoms. The zero-order valence-corrected chi connectivity index (χ0v) is 19.5. The first kappa shape index (κ1) is 23.8. The van der Waals surface area contributed by atoms with Gasteiger partial charge in [0.25, 0.3) is 0 Å². The summed E-state index contributed by atoms with van der Waals surface area (Å²) in [6, 6.07) is 10.7. The Labute approximate surface area is 207 Å². The van der Waals surface area contributed by atoms with Gasteiger partial charge in [0.2, 0.25) is 11.7 Å². The highest BCUT2D eigenvalue weighted by Gasteiger charge is 2.63. The van der Waals surface area contributed by atoms with E-state index < -0.39 is 52.7 Å². The lowest BCUT2D eigenvalue weighted by molar-refractivity contribution is -0.174. The van der Waals surface area contributed by atoms with Gasteiger partial charge in [0.1, 0.15) is 17.4 Å². The maximum Gasteiger partial charge on any atom is 0.230 e. The van der Waals surface area contributed by atoms with Crippen molar-refractivity contribution in [2.75, 3.05) is 0 Å². The molecule has 0 radical (unpaired) electrons. The number of hydrogen-bond donors (Lipinski definition) is 5. The number of Topliss-reactive ketones (excluding diaryl/α,β-unsaturated/α-hetero) is 2. The van der Waals surface area contributed by atoms with E-state index in [0.717, 1.165) is 11.1 Å². The van der Waals surface area contributed by atoms with Crippen molar-refractivity contribution in [1.82, 2.24) is 0 Å². The van der Waals surface area contributed by atoms with E-state index in [-0.39, 0.29) is 36.1 Å². The molecule has 8 nitrogen and oxygen atoms in total. The highest BCUT2D eigenvalue weighted by molar-refractivity contribution is 6.24. The molecule has 6 N–H and O–H groups in total. The molecule has 2 aromatic rings. The van der Waals surface area contributed by atoms with Crippen LogP contribution in [0.25, 0.3) is 5.76 Å². The Morgan fingerprint density at radius 2 is 1.75 bits per heavy atom. The van der Waals surface area contributed by atoms with E-state index in [1.165, 1.54) is 6.07 Å². The third-order valence-corrected chi connectivity index (χ3v) is 7.66. The highest BCUT2D eigenvalue weighted by atomic mass is 16.3. The molecule has 5 rings (SSSR count). The van der Waals surface area contributed by atoms with Crippen molar-refractivity contribution in [2.24, 2.45) is 23.5 Å². The molecule has 2 aromatic carbocycles. The molecule has 3 aliphatic rings. The summed E-state index contributed by atoms with van der Waals surface area (Å²) in [5.74, 6) is -1.20. The van der Waals surface area contributed by atoms with Gasteiger partial charge >= 0.3 is 0 Å². The van der Waals surface area contributed by atoms with E-state index >= 15 is 0 Å². The van der Waals surface area contributed by atoms with E-state index in [1.54, 1.807) is 6.07 Å². The van der Waals surface area contributed by atoms with Crippen LogP contribution in [-0.4, -0.2) is 49.6 Å². The fourth-order valence-corrected chi connectivity index (χ4v) is 5.82. The third kappa shape index (κ3) is 3.43. The van der Waals surface area contributed by atoms with Gasteiger partial charge in [0.05, 0.1) is 11.7 Å². The van der Waals surface area contributed by atoms with Gasteiger partial charge in [-0.05, 0) is 61.9 Å². The van der Waals surface area contributed by atoms with Gasteiger partial charge in [-0.1, -0.05) is 29.5 Å². The Balaban J connectivity index is 1.61. The summed E-state index contributed by atoms with van der Waals surface area (Å²) in [5, 5.41) is 43.4. The number of fused-ring (bicyclic) bond motifs is 3. The van der Waals surface area contributed by atoms with Gasteiger partial charge in [-0.25, -0.2) is 0 Å². The van der Waals surface area contributed by atoms with Gasteiger partial charge < -0.3 is 26.2 Å². The molecule has 0 heterocycles.